The second-order valence-electron chi connectivity index (χ2n) is 7.97. The first-order valence-corrected chi connectivity index (χ1v) is 10.1. The second-order valence-corrected chi connectivity index (χ2v) is 7.97. The molecule has 1 fully saturated rings. The molecule has 28 heavy (non-hydrogen) atoms. The zero-order chi connectivity index (χ0) is 20.3. The number of aromatic amines is 1. The molecule has 0 spiro atoms. The van der Waals surface area contributed by atoms with Crippen LogP contribution < -0.4 is 10.1 Å². The summed E-state index contributed by atoms with van der Waals surface area (Å²) in [6, 6.07) is 6.13. The number of hydrogen-bond donors (Lipinski definition) is 2. The summed E-state index contributed by atoms with van der Waals surface area (Å²) in [7, 11) is 0. The van der Waals surface area contributed by atoms with Gasteiger partial charge in [0.2, 0.25) is 5.78 Å². The van der Waals surface area contributed by atoms with E-state index in [0.29, 0.717) is 28.3 Å². The van der Waals surface area contributed by atoms with E-state index in [4.69, 9.17) is 4.74 Å². The van der Waals surface area contributed by atoms with Crippen LogP contribution in [0.2, 0.25) is 0 Å². The van der Waals surface area contributed by atoms with E-state index in [2.05, 4.69) is 16.4 Å². The van der Waals surface area contributed by atoms with Gasteiger partial charge >= 0.3 is 0 Å². The van der Waals surface area contributed by atoms with Crippen molar-refractivity contribution in [3.8, 4) is 5.75 Å². The smallest absolute Gasteiger partial charge is 0.268 e. The van der Waals surface area contributed by atoms with Crippen molar-refractivity contribution in [2.75, 3.05) is 6.61 Å². The monoisotopic (exact) mass is 382 g/mol. The molecule has 1 amide bonds. The average Bonchev–Trinajstić information content (AvgIpc) is 2.94. The van der Waals surface area contributed by atoms with Crippen molar-refractivity contribution in [2.24, 2.45) is 0 Å². The van der Waals surface area contributed by atoms with E-state index in [0.717, 1.165) is 36.8 Å². The van der Waals surface area contributed by atoms with E-state index in [1.807, 2.05) is 39.8 Å². The van der Waals surface area contributed by atoms with Crippen LogP contribution in [0.15, 0.2) is 18.2 Å². The highest BCUT2D eigenvalue weighted by Gasteiger charge is 2.24. The molecule has 1 aliphatic carbocycles. The molecule has 1 heterocycles. The number of H-pyrrole nitrogens is 1. The van der Waals surface area contributed by atoms with E-state index in [-0.39, 0.29) is 24.3 Å². The number of nitrogens with one attached hydrogen (secondary N) is 2. The van der Waals surface area contributed by atoms with Gasteiger partial charge < -0.3 is 15.0 Å². The lowest BCUT2D eigenvalue weighted by atomic mass is 9.95. The number of benzene rings is 1. The molecule has 0 radical (unpaired) electrons. The lowest BCUT2D eigenvalue weighted by molar-refractivity contribution is 0.0918. The molecule has 0 atom stereocenters. The standard InChI is InChI=1S/C23H30N2O3/c1-14-10-15(2)12-19(11-14)28-13-20(26)21-16(3)22(24-17(21)4)23(27)25-18-8-6-5-7-9-18/h10-12,18,24H,5-9,13H2,1-4H3,(H,25,27). The summed E-state index contributed by atoms with van der Waals surface area (Å²) in [6.45, 7) is 7.60. The highest BCUT2D eigenvalue weighted by atomic mass is 16.5. The summed E-state index contributed by atoms with van der Waals surface area (Å²) in [5, 5.41) is 3.11. The van der Waals surface area contributed by atoms with Crippen LogP contribution in [0.1, 0.15) is 75.3 Å². The van der Waals surface area contributed by atoms with Crippen molar-refractivity contribution < 1.29 is 14.3 Å². The average molecular weight is 383 g/mol. The lowest BCUT2D eigenvalue weighted by Crippen LogP contribution is -2.36. The lowest BCUT2D eigenvalue weighted by Gasteiger charge is -2.22. The van der Waals surface area contributed by atoms with Gasteiger partial charge in [0.1, 0.15) is 11.4 Å². The Morgan fingerprint density at radius 1 is 1.04 bits per heavy atom. The molecule has 150 valence electrons. The molecule has 2 aromatic rings. The Labute approximate surface area is 166 Å². The SMILES string of the molecule is Cc1cc(C)cc(OCC(=O)c2c(C)[nH]c(C(=O)NC3CCCCC3)c2C)c1. The van der Waals surface area contributed by atoms with Gasteiger partial charge in [-0.1, -0.05) is 25.3 Å². The van der Waals surface area contributed by atoms with Crippen LogP contribution in [-0.2, 0) is 0 Å². The number of ether oxygens (including phenoxy) is 1. The minimum atomic E-state index is -0.123. The number of hydrogen-bond acceptors (Lipinski definition) is 3. The van der Waals surface area contributed by atoms with Gasteiger partial charge in [0.15, 0.2) is 6.61 Å². The number of carbonyl (C=O) groups excluding carboxylic acids is 2. The van der Waals surface area contributed by atoms with Crippen molar-refractivity contribution in [1.29, 1.82) is 0 Å². The van der Waals surface area contributed by atoms with Gasteiger partial charge in [-0.3, -0.25) is 9.59 Å². The first-order chi connectivity index (χ1) is 13.3. The van der Waals surface area contributed by atoms with E-state index in [1.165, 1.54) is 6.42 Å². The molecule has 0 saturated heterocycles. The van der Waals surface area contributed by atoms with Gasteiger partial charge in [0.05, 0.1) is 0 Å². The van der Waals surface area contributed by atoms with Gasteiger partial charge in [-0.15, -0.1) is 0 Å². The summed E-state index contributed by atoms with van der Waals surface area (Å²) in [6.07, 6.45) is 5.62. The van der Waals surface area contributed by atoms with Crippen LogP contribution in [-0.4, -0.2) is 29.3 Å². The summed E-state index contributed by atoms with van der Waals surface area (Å²) >= 11 is 0. The number of carbonyl (C=O) groups is 2. The molecule has 0 aliphatic heterocycles. The zero-order valence-corrected chi connectivity index (χ0v) is 17.3. The third kappa shape index (κ3) is 4.64. The van der Waals surface area contributed by atoms with Crippen LogP contribution in [0.25, 0.3) is 0 Å². The molecule has 1 aliphatic rings. The summed E-state index contributed by atoms with van der Waals surface area (Å²) in [5.74, 6) is 0.441. The third-order valence-electron chi connectivity index (χ3n) is 5.45. The summed E-state index contributed by atoms with van der Waals surface area (Å²) in [5.41, 5.74) is 4.63. The molecule has 0 unspecified atom stereocenters. The number of aryl methyl sites for hydroxylation is 3. The Morgan fingerprint density at radius 3 is 2.32 bits per heavy atom. The predicted octanol–water partition coefficient (Wildman–Crippen LogP) is 4.57. The van der Waals surface area contributed by atoms with Gasteiger partial charge in [-0.05, 0) is 69.4 Å². The van der Waals surface area contributed by atoms with E-state index in [1.54, 1.807) is 0 Å². The maximum Gasteiger partial charge on any atom is 0.268 e. The van der Waals surface area contributed by atoms with Crippen molar-refractivity contribution >= 4 is 11.7 Å². The number of aromatic nitrogens is 1. The van der Waals surface area contributed by atoms with E-state index in [9.17, 15) is 9.59 Å². The minimum Gasteiger partial charge on any atom is -0.485 e. The van der Waals surface area contributed by atoms with Crippen molar-refractivity contribution in [1.82, 2.24) is 10.3 Å². The number of ketones is 1. The zero-order valence-electron chi connectivity index (χ0n) is 17.3. The highest BCUT2D eigenvalue weighted by Crippen LogP contribution is 2.22. The van der Waals surface area contributed by atoms with Crippen LogP contribution in [0.5, 0.6) is 5.75 Å². The highest BCUT2D eigenvalue weighted by molar-refractivity contribution is 6.04. The molecular weight excluding hydrogens is 352 g/mol. The molecule has 0 bridgehead atoms. The third-order valence-corrected chi connectivity index (χ3v) is 5.45. The van der Waals surface area contributed by atoms with E-state index < -0.39 is 0 Å². The van der Waals surface area contributed by atoms with Crippen LogP contribution >= 0.6 is 0 Å². The summed E-state index contributed by atoms with van der Waals surface area (Å²) in [4.78, 5) is 28.6. The fourth-order valence-electron chi connectivity index (χ4n) is 4.14. The molecule has 2 N–H and O–H groups in total. The quantitative estimate of drug-likeness (QED) is 0.719. The molecule has 1 aromatic carbocycles. The van der Waals surface area contributed by atoms with E-state index >= 15 is 0 Å². The Hall–Kier alpha value is -2.56. The second kappa shape index (κ2) is 8.63. The van der Waals surface area contributed by atoms with Gasteiger partial charge in [0, 0.05) is 17.3 Å². The number of rotatable bonds is 6. The van der Waals surface area contributed by atoms with Crippen LogP contribution in [0, 0.1) is 27.7 Å². The molecular formula is C23H30N2O3. The fraction of sp³-hybridized carbons (Fsp3) is 0.478. The normalized spacial score (nSPS) is 14.7. The fourth-order valence-corrected chi connectivity index (χ4v) is 4.14. The predicted molar refractivity (Wildman–Crippen MR) is 110 cm³/mol. The largest absolute Gasteiger partial charge is 0.485 e. The molecule has 1 saturated carbocycles. The van der Waals surface area contributed by atoms with Crippen LogP contribution in [0.4, 0.5) is 0 Å². The Morgan fingerprint density at radius 2 is 1.68 bits per heavy atom. The van der Waals surface area contributed by atoms with Gasteiger partial charge in [0.25, 0.3) is 5.91 Å². The number of amides is 1. The van der Waals surface area contributed by atoms with Gasteiger partial charge in [-0.2, -0.15) is 0 Å². The first-order valence-electron chi connectivity index (χ1n) is 10.1. The molecule has 1 aromatic heterocycles. The van der Waals surface area contributed by atoms with Crippen LogP contribution in [0.3, 0.4) is 0 Å². The Kier molecular flexibility index (Phi) is 6.22. The maximum absolute atomic E-state index is 12.8. The summed E-state index contributed by atoms with van der Waals surface area (Å²) < 4.78 is 5.72. The Balaban J connectivity index is 1.69. The van der Waals surface area contributed by atoms with Crippen molar-refractivity contribution in [2.45, 2.75) is 65.8 Å². The molecule has 5 heteroatoms. The molecule has 3 rings (SSSR count). The minimum absolute atomic E-state index is 0.0495. The Bertz CT molecular complexity index is 856. The van der Waals surface area contributed by atoms with Crippen molar-refractivity contribution in [3.63, 3.8) is 0 Å². The molecule has 5 nitrogen and oxygen atoms in total. The first kappa shape index (κ1) is 20.2. The van der Waals surface area contributed by atoms with Gasteiger partial charge in [-0.25, -0.2) is 0 Å². The topological polar surface area (TPSA) is 71.2 Å². The van der Waals surface area contributed by atoms with Crippen molar-refractivity contribution in [3.05, 3.63) is 51.8 Å². The maximum atomic E-state index is 12.8. The number of Topliss-reactive ketones (excluding diaryl/α,β-unsaturated/α-hetero) is 1.